The highest BCUT2D eigenvalue weighted by molar-refractivity contribution is 7.89. The average molecular weight is 257 g/mol. The Bertz CT molecular complexity index is 468. The molecule has 0 aliphatic rings. The van der Waals surface area contributed by atoms with E-state index >= 15 is 0 Å². The molecule has 1 aromatic rings. The molecule has 17 heavy (non-hydrogen) atoms. The van der Waals surface area contributed by atoms with Crippen LogP contribution in [0, 0.1) is 5.92 Å². The number of aliphatic hydroxyl groups excluding tert-OH is 1. The SMILES string of the molecule is CNS(=O)(=O)c1ccccc1CC(O)C(C)C. The summed E-state index contributed by atoms with van der Waals surface area (Å²) >= 11 is 0. The van der Waals surface area contributed by atoms with Gasteiger partial charge in [0, 0.05) is 0 Å². The zero-order valence-corrected chi connectivity index (χ0v) is 11.2. The number of nitrogens with one attached hydrogen (secondary N) is 1. The van der Waals surface area contributed by atoms with Crippen molar-refractivity contribution in [3.63, 3.8) is 0 Å². The maximum Gasteiger partial charge on any atom is 0.240 e. The molecule has 1 rings (SSSR count). The molecule has 4 nitrogen and oxygen atoms in total. The first kappa shape index (κ1) is 14.2. The molecule has 0 aliphatic carbocycles. The van der Waals surface area contributed by atoms with Crippen LogP contribution in [0.25, 0.3) is 0 Å². The second kappa shape index (κ2) is 5.62. The van der Waals surface area contributed by atoms with Gasteiger partial charge in [-0.2, -0.15) is 0 Å². The summed E-state index contributed by atoms with van der Waals surface area (Å²) in [5, 5.41) is 9.83. The van der Waals surface area contributed by atoms with Crippen molar-refractivity contribution in [3.05, 3.63) is 29.8 Å². The minimum atomic E-state index is -3.46. The van der Waals surface area contributed by atoms with Gasteiger partial charge in [0.1, 0.15) is 0 Å². The Kier molecular flexibility index (Phi) is 4.68. The number of benzene rings is 1. The third-order valence-corrected chi connectivity index (χ3v) is 4.24. The van der Waals surface area contributed by atoms with Crippen LogP contribution in [0.2, 0.25) is 0 Å². The first-order chi connectivity index (χ1) is 7.88. The lowest BCUT2D eigenvalue weighted by atomic mass is 9.99. The molecule has 0 aliphatic heterocycles. The molecule has 0 fully saturated rings. The second-order valence-electron chi connectivity index (χ2n) is 4.33. The Hall–Kier alpha value is -0.910. The minimum Gasteiger partial charge on any atom is -0.393 e. The molecule has 0 saturated carbocycles. The second-order valence-corrected chi connectivity index (χ2v) is 6.19. The normalized spacial score (nSPS) is 13.9. The van der Waals surface area contributed by atoms with Crippen molar-refractivity contribution in [2.75, 3.05) is 7.05 Å². The molecule has 0 bridgehead atoms. The molecule has 2 N–H and O–H groups in total. The third-order valence-electron chi connectivity index (χ3n) is 2.73. The number of sulfonamides is 1. The van der Waals surface area contributed by atoms with Crippen LogP contribution >= 0.6 is 0 Å². The van der Waals surface area contributed by atoms with Gasteiger partial charge < -0.3 is 5.11 Å². The van der Waals surface area contributed by atoms with Crippen LogP contribution in [0.5, 0.6) is 0 Å². The predicted octanol–water partition coefficient (Wildman–Crippen LogP) is 1.15. The van der Waals surface area contributed by atoms with Gasteiger partial charge in [-0.05, 0) is 31.0 Å². The first-order valence-corrected chi connectivity index (χ1v) is 7.06. The molecular formula is C12H19NO3S. The predicted molar refractivity (Wildman–Crippen MR) is 67.2 cm³/mol. The van der Waals surface area contributed by atoms with Gasteiger partial charge in [-0.1, -0.05) is 32.0 Å². The molecule has 1 unspecified atom stereocenters. The fourth-order valence-electron chi connectivity index (χ4n) is 1.51. The molecule has 1 atom stereocenters. The van der Waals surface area contributed by atoms with Crippen molar-refractivity contribution in [2.24, 2.45) is 5.92 Å². The van der Waals surface area contributed by atoms with Gasteiger partial charge >= 0.3 is 0 Å². The van der Waals surface area contributed by atoms with Crippen LogP contribution in [0.1, 0.15) is 19.4 Å². The number of aliphatic hydroxyl groups is 1. The van der Waals surface area contributed by atoms with E-state index in [-0.39, 0.29) is 10.8 Å². The van der Waals surface area contributed by atoms with Crippen molar-refractivity contribution in [3.8, 4) is 0 Å². The van der Waals surface area contributed by atoms with E-state index in [0.717, 1.165) is 0 Å². The highest BCUT2D eigenvalue weighted by atomic mass is 32.2. The fraction of sp³-hybridized carbons (Fsp3) is 0.500. The van der Waals surface area contributed by atoms with Crippen molar-refractivity contribution in [1.29, 1.82) is 0 Å². The molecule has 0 saturated heterocycles. The summed E-state index contributed by atoms with van der Waals surface area (Å²) < 4.78 is 25.9. The average Bonchev–Trinajstić information content (AvgIpc) is 2.29. The smallest absolute Gasteiger partial charge is 0.240 e. The van der Waals surface area contributed by atoms with E-state index in [1.807, 2.05) is 13.8 Å². The summed E-state index contributed by atoms with van der Waals surface area (Å²) in [6.07, 6.45) is -0.197. The number of hydrogen-bond donors (Lipinski definition) is 2. The maximum absolute atomic E-state index is 11.8. The fourth-order valence-corrected chi connectivity index (χ4v) is 2.48. The monoisotopic (exact) mass is 257 g/mol. The summed E-state index contributed by atoms with van der Waals surface area (Å²) in [5.41, 5.74) is 0.642. The van der Waals surface area contributed by atoms with Gasteiger partial charge in [0.05, 0.1) is 11.0 Å². The Morgan fingerprint density at radius 3 is 2.41 bits per heavy atom. The number of hydrogen-bond acceptors (Lipinski definition) is 3. The van der Waals surface area contributed by atoms with E-state index in [1.54, 1.807) is 24.3 Å². The highest BCUT2D eigenvalue weighted by Gasteiger charge is 2.19. The molecule has 96 valence electrons. The molecule has 0 aromatic heterocycles. The lowest BCUT2D eigenvalue weighted by Crippen LogP contribution is -2.23. The quantitative estimate of drug-likeness (QED) is 0.831. The summed E-state index contributed by atoms with van der Waals surface area (Å²) in [4.78, 5) is 0.238. The molecule has 0 spiro atoms. The first-order valence-electron chi connectivity index (χ1n) is 5.58. The molecule has 1 aromatic carbocycles. The van der Waals surface area contributed by atoms with Crippen LogP contribution in [0.15, 0.2) is 29.2 Å². The summed E-state index contributed by atoms with van der Waals surface area (Å²) in [5.74, 6) is 0.0975. The zero-order chi connectivity index (χ0) is 13.1. The van der Waals surface area contributed by atoms with E-state index in [9.17, 15) is 13.5 Å². The number of rotatable bonds is 5. The molecule has 0 radical (unpaired) electrons. The van der Waals surface area contributed by atoms with E-state index in [4.69, 9.17) is 0 Å². The van der Waals surface area contributed by atoms with Gasteiger partial charge in [0.15, 0.2) is 0 Å². The lowest BCUT2D eigenvalue weighted by molar-refractivity contribution is 0.125. The van der Waals surface area contributed by atoms with Crippen molar-refractivity contribution >= 4 is 10.0 Å². The van der Waals surface area contributed by atoms with Gasteiger partial charge in [-0.15, -0.1) is 0 Å². The molecule has 5 heteroatoms. The van der Waals surface area contributed by atoms with Crippen LogP contribution in [0.3, 0.4) is 0 Å². The minimum absolute atomic E-state index is 0.0975. The largest absolute Gasteiger partial charge is 0.393 e. The van der Waals surface area contributed by atoms with Crippen molar-refractivity contribution in [1.82, 2.24) is 4.72 Å². The van der Waals surface area contributed by atoms with Gasteiger partial charge in [-0.25, -0.2) is 13.1 Å². The summed E-state index contributed by atoms with van der Waals surface area (Å²) in [6.45, 7) is 3.81. The highest BCUT2D eigenvalue weighted by Crippen LogP contribution is 2.18. The third kappa shape index (κ3) is 3.52. The lowest BCUT2D eigenvalue weighted by Gasteiger charge is -2.16. The van der Waals surface area contributed by atoms with Crippen LogP contribution in [0.4, 0.5) is 0 Å². The van der Waals surface area contributed by atoms with Gasteiger partial charge in [0.25, 0.3) is 0 Å². The van der Waals surface area contributed by atoms with E-state index in [2.05, 4.69) is 4.72 Å². The Balaban J connectivity index is 3.09. The molecule has 0 heterocycles. The van der Waals surface area contributed by atoms with E-state index < -0.39 is 16.1 Å². The van der Waals surface area contributed by atoms with E-state index in [0.29, 0.717) is 12.0 Å². The van der Waals surface area contributed by atoms with E-state index in [1.165, 1.54) is 7.05 Å². The maximum atomic E-state index is 11.8. The standard InChI is InChI=1S/C12H19NO3S/c1-9(2)11(14)8-10-6-4-5-7-12(10)17(15,16)13-3/h4-7,9,11,13-14H,8H2,1-3H3. The van der Waals surface area contributed by atoms with Crippen LogP contribution < -0.4 is 4.72 Å². The topological polar surface area (TPSA) is 66.4 Å². The summed E-state index contributed by atoms with van der Waals surface area (Å²) in [7, 11) is -2.08. The van der Waals surface area contributed by atoms with Crippen LogP contribution in [-0.2, 0) is 16.4 Å². The Labute approximate surface area is 103 Å². The van der Waals surface area contributed by atoms with Crippen LogP contribution in [-0.4, -0.2) is 26.7 Å². The van der Waals surface area contributed by atoms with Gasteiger partial charge in [-0.3, -0.25) is 0 Å². The Morgan fingerprint density at radius 2 is 1.88 bits per heavy atom. The van der Waals surface area contributed by atoms with Crippen molar-refractivity contribution < 1.29 is 13.5 Å². The summed E-state index contributed by atoms with van der Waals surface area (Å²) in [6, 6.07) is 6.73. The molecule has 0 amide bonds. The zero-order valence-electron chi connectivity index (χ0n) is 10.3. The van der Waals surface area contributed by atoms with Gasteiger partial charge in [0.2, 0.25) is 10.0 Å². The van der Waals surface area contributed by atoms with Crippen molar-refractivity contribution in [2.45, 2.75) is 31.3 Å². The Morgan fingerprint density at radius 1 is 1.29 bits per heavy atom. The molecular weight excluding hydrogens is 238 g/mol.